The molecule has 20 heteroatoms. The number of carboxylic acids is 1. The lowest BCUT2D eigenvalue weighted by Crippen LogP contribution is -2.70. The van der Waals surface area contributed by atoms with E-state index in [1.165, 1.54) is 58.0 Å². The fourth-order valence-corrected chi connectivity index (χ4v) is 8.60. The highest BCUT2D eigenvalue weighted by Crippen LogP contribution is 2.50. The molecule has 2 aliphatic heterocycles. The van der Waals surface area contributed by atoms with Gasteiger partial charge in [-0.15, -0.1) is 11.8 Å². The monoisotopic (exact) mass is 890 g/mol. The number of esters is 4. The number of thioether (sulfide) groups is 1. The molecule has 19 nitrogen and oxygen atoms in total. The second kappa shape index (κ2) is 20.3. The van der Waals surface area contributed by atoms with Crippen LogP contribution in [-0.4, -0.2) is 110 Å². The van der Waals surface area contributed by atoms with Crippen molar-refractivity contribution in [3.8, 4) is 28.7 Å². The first-order valence-electron chi connectivity index (χ1n) is 19.6. The molecule has 0 bridgehead atoms. The largest absolute Gasteiger partial charge is 0.483 e. The third-order valence-electron chi connectivity index (χ3n) is 9.54. The molecule has 4 amide bonds. The first kappa shape index (κ1) is 47.1. The summed E-state index contributed by atoms with van der Waals surface area (Å²) >= 11 is 1.28. The van der Waals surface area contributed by atoms with Gasteiger partial charge in [0.2, 0.25) is 5.91 Å². The van der Waals surface area contributed by atoms with Gasteiger partial charge in [0.1, 0.15) is 23.2 Å². The van der Waals surface area contributed by atoms with Crippen LogP contribution < -0.4 is 34.3 Å². The minimum absolute atomic E-state index is 0.0501. The number of unbranched alkanes of at least 4 members (excludes halogenated alkanes) is 1. The van der Waals surface area contributed by atoms with E-state index in [1.807, 2.05) is 0 Å². The van der Waals surface area contributed by atoms with Gasteiger partial charge in [0.25, 0.3) is 17.7 Å². The molecule has 3 atom stereocenters. The summed E-state index contributed by atoms with van der Waals surface area (Å²) in [6.07, 6.45) is 0.602. The molecule has 334 valence electrons. The number of carboxylic acid groups (broad SMARTS) is 1. The number of hydrogen-bond acceptors (Lipinski definition) is 15. The summed E-state index contributed by atoms with van der Waals surface area (Å²) < 4.78 is 26.1. The van der Waals surface area contributed by atoms with E-state index in [9.17, 15) is 48.3 Å². The number of nitrogens with one attached hydrogen (secondary N) is 2. The summed E-state index contributed by atoms with van der Waals surface area (Å²) in [7, 11) is 0. The topological polar surface area (TPSA) is 251 Å². The molecule has 0 aliphatic carbocycles. The van der Waals surface area contributed by atoms with Crippen LogP contribution in [-0.2, 0) is 40.1 Å². The zero-order valence-electron chi connectivity index (χ0n) is 35.2. The molecular formula is C43H46N4O15S. The first-order valence-corrected chi connectivity index (χ1v) is 20.5. The van der Waals surface area contributed by atoms with E-state index in [2.05, 4.69) is 10.6 Å². The number of carbonyl (C=O) groups is 9. The fraction of sp³-hybridized carbons (Fsp3) is 0.372. The SMILES string of the molecule is CC(=O)Oc1cccc(C(=O)NCCCCN(Cc2ccccc2OCC(=O)N[C@@H]2C(=O)N3[C@@H]2SC(C)(C)[C@@H]3C(=O)O)C(=O)c2cccc(OC(C)=O)c2OC(C)=O)c1OC(C)=O. The Kier molecular flexibility index (Phi) is 15.2. The van der Waals surface area contributed by atoms with Crippen LogP contribution >= 0.6 is 11.8 Å². The molecule has 0 spiro atoms. The van der Waals surface area contributed by atoms with Crippen molar-refractivity contribution in [3.05, 3.63) is 77.4 Å². The fourth-order valence-electron chi connectivity index (χ4n) is 6.98. The second-order valence-electron chi connectivity index (χ2n) is 14.9. The zero-order valence-corrected chi connectivity index (χ0v) is 36.0. The summed E-state index contributed by atoms with van der Waals surface area (Å²) in [5.41, 5.74) is 0.273. The van der Waals surface area contributed by atoms with E-state index in [1.54, 1.807) is 38.1 Å². The van der Waals surface area contributed by atoms with E-state index in [0.29, 0.717) is 18.4 Å². The number of amides is 4. The average Bonchev–Trinajstić information content (AvgIpc) is 3.46. The highest BCUT2D eigenvalue weighted by Gasteiger charge is 2.64. The summed E-state index contributed by atoms with van der Waals surface area (Å²) in [5.74, 6) is -7.11. The van der Waals surface area contributed by atoms with E-state index >= 15 is 0 Å². The Morgan fingerprint density at radius 1 is 0.746 bits per heavy atom. The summed E-state index contributed by atoms with van der Waals surface area (Å²) in [6.45, 7) is 7.48. The van der Waals surface area contributed by atoms with Gasteiger partial charge in [-0.25, -0.2) is 4.79 Å². The predicted octanol–water partition coefficient (Wildman–Crippen LogP) is 3.25. The Hall–Kier alpha value is -6.96. The Balaban J connectivity index is 1.32. The number of benzene rings is 3. The molecule has 63 heavy (non-hydrogen) atoms. The van der Waals surface area contributed by atoms with Gasteiger partial charge >= 0.3 is 29.8 Å². The van der Waals surface area contributed by atoms with E-state index in [-0.39, 0.29) is 59.5 Å². The zero-order chi connectivity index (χ0) is 46.2. The highest BCUT2D eigenvalue weighted by molar-refractivity contribution is 8.01. The van der Waals surface area contributed by atoms with Crippen LogP contribution in [0.1, 0.15) is 80.7 Å². The molecule has 0 aromatic heterocycles. The summed E-state index contributed by atoms with van der Waals surface area (Å²) in [5, 5.41) is 14.5. The van der Waals surface area contributed by atoms with Crippen LogP contribution in [0.5, 0.6) is 28.7 Å². The maximum atomic E-state index is 14.4. The van der Waals surface area contributed by atoms with Gasteiger partial charge in [-0.1, -0.05) is 30.3 Å². The Morgan fingerprint density at radius 3 is 1.89 bits per heavy atom. The minimum Gasteiger partial charge on any atom is -0.483 e. The van der Waals surface area contributed by atoms with Crippen molar-refractivity contribution >= 4 is 65.2 Å². The smallest absolute Gasteiger partial charge is 0.327 e. The van der Waals surface area contributed by atoms with Gasteiger partial charge in [-0.2, -0.15) is 0 Å². The van der Waals surface area contributed by atoms with Crippen LogP contribution in [0.2, 0.25) is 0 Å². The van der Waals surface area contributed by atoms with Gasteiger partial charge in [0, 0.05) is 57.6 Å². The molecule has 3 aromatic carbocycles. The molecule has 2 heterocycles. The molecule has 5 rings (SSSR count). The number of nitrogens with zero attached hydrogens (tertiary/aromatic N) is 2. The number of fused-ring (bicyclic) bond motifs is 1. The molecule has 0 unspecified atom stereocenters. The average molecular weight is 891 g/mol. The van der Waals surface area contributed by atoms with Crippen molar-refractivity contribution < 1.29 is 71.9 Å². The van der Waals surface area contributed by atoms with Crippen molar-refractivity contribution in [1.29, 1.82) is 0 Å². The minimum atomic E-state index is -1.14. The number of para-hydroxylation sites is 3. The second-order valence-corrected chi connectivity index (χ2v) is 16.6. The lowest BCUT2D eigenvalue weighted by Gasteiger charge is -2.43. The van der Waals surface area contributed by atoms with Crippen LogP contribution in [0.4, 0.5) is 0 Å². The van der Waals surface area contributed by atoms with Crippen LogP contribution in [0.3, 0.4) is 0 Å². The van der Waals surface area contributed by atoms with E-state index in [4.69, 9.17) is 23.7 Å². The Morgan fingerprint density at radius 2 is 1.30 bits per heavy atom. The molecule has 2 aliphatic rings. The number of ether oxygens (including phenoxy) is 5. The standard InChI is InChI=1S/C43H46N4O15S/c1-23(48)59-31-17-11-14-28(35(31)61-25(3)50)38(53)44-19-9-10-20-46(39(54)29-15-12-18-32(60-24(2)49)36(29)62-26(4)51)21-27-13-7-8-16-30(27)58-22-33(52)45-34-40(55)47-37(42(56)57)43(5,6)63-41(34)47/h7-8,11-18,34,37,41H,9-10,19-22H2,1-6H3,(H,44,53)(H,45,52)(H,56,57)/t34-,37+,41-/m1/s1. The van der Waals surface area contributed by atoms with Crippen molar-refractivity contribution in [3.63, 3.8) is 0 Å². The van der Waals surface area contributed by atoms with Gasteiger partial charge < -0.3 is 49.2 Å². The third-order valence-corrected chi connectivity index (χ3v) is 11.1. The lowest BCUT2D eigenvalue weighted by molar-refractivity contribution is -0.161. The Labute approximate surface area is 365 Å². The van der Waals surface area contributed by atoms with E-state index < -0.39 is 82.3 Å². The van der Waals surface area contributed by atoms with Crippen LogP contribution in [0, 0.1) is 0 Å². The number of carbonyl (C=O) groups excluding carboxylic acids is 8. The molecule has 0 radical (unpaired) electrons. The predicted molar refractivity (Wildman–Crippen MR) is 222 cm³/mol. The van der Waals surface area contributed by atoms with Crippen LogP contribution in [0.15, 0.2) is 60.7 Å². The maximum Gasteiger partial charge on any atom is 0.327 e. The van der Waals surface area contributed by atoms with Crippen molar-refractivity contribution in [2.45, 2.75) is 83.1 Å². The number of hydrogen-bond donors (Lipinski definition) is 3. The van der Waals surface area contributed by atoms with Gasteiger partial charge in [-0.05, 0) is 57.0 Å². The molecule has 0 saturated carbocycles. The third kappa shape index (κ3) is 11.5. The molecule has 3 N–H and O–H groups in total. The van der Waals surface area contributed by atoms with Gasteiger partial charge in [0.05, 0.1) is 11.1 Å². The van der Waals surface area contributed by atoms with E-state index in [0.717, 1.165) is 27.7 Å². The molecule has 3 aromatic rings. The van der Waals surface area contributed by atoms with Crippen molar-refractivity contribution in [1.82, 2.24) is 20.4 Å². The maximum absolute atomic E-state index is 14.4. The van der Waals surface area contributed by atoms with Crippen LogP contribution in [0.25, 0.3) is 0 Å². The van der Waals surface area contributed by atoms with Crippen molar-refractivity contribution in [2.75, 3.05) is 19.7 Å². The lowest BCUT2D eigenvalue weighted by atomic mass is 9.96. The summed E-state index contributed by atoms with van der Waals surface area (Å²) in [6, 6.07) is 13.0. The first-order chi connectivity index (χ1) is 29.8. The number of aliphatic carboxylic acids is 1. The van der Waals surface area contributed by atoms with Crippen molar-refractivity contribution in [2.24, 2.45) is 0 Å². The quantitative estimate of drug-likeness (QED) is 0.0718. The highest BCUT2D eigenvalue weighted by atomic mass is 32.2. The Bertz CT molecular complexity index is 2330. The number of β-lactam (4-membered cyclic amide) rings is 1. The number of rotatable bonds is 18. The molecule has 2 saturated heterocycles. The van der Waals surface area contributed by atoms with Gasteiger partial charge in [-0.3, -0.25) is 38.4 Å². The summed E-state index contributed by atoms with van der Waals surface area (Å²) in [4.78, 5) is 116. The molecular weight excluding hydrogens is 845 g/mol. The molecule has 2 fully saturated rings. The normalized spacial score (nSPS) is 17.0. The van der Waals surface area contributed by atoms with Gasteiger partial charge in [0.15, 0.2) is 29.6 Å².